The van der Waals surface area contributed by atoms with Crippen molar-refractivity contribution in [3.8, 4) is 0 Å². The van der Waals surface area contributed by atoms with Crippen LogP contribution < -0.4 is 37.6 Å². The lowest BCUT2D eigenvalue weighted by Crippen LogP contribution is -2.62. The molecular weight excluding hydrogens is 887 g/mol. The van der Waals surface area contributed by atoms with Crippen LogP contribution in [0.25, 0.3) is 10.9 Å². The first-order valence-corrected chi connectivity index (χ1v) is 22.4. The first kappa shape index (κ1) is 53.7. The van der Waals surface area contributed by atoms with Crippen molar-refractivity contribution in [3.05, 3.63) is 71.9 Å². The molecule has 4 rings (SSSR count). The largest absolute Gasteiger partial charge is 0.481 e. The average molecular weight is 950 g/mol. The van der Waals surface area contributed by atoms with Crippen molar-refractivity contribution in [2.45, 2.75) is 115 Å². The lowest BCUT2D eigenvalue weighted by atomic mass is 10.00. The monoisotopic (exact) mass is 949 g/mol. The lowest BCUT2D eigenvalue weighted by molar-refractivity contribution is -0.150. The minimum Gasteiger partial charge on any atom is -0.481 e. The molecule has 0 saturated carbocycles. The normalized spacial score (nSPS) is 16.7. The number of nitrogens with zero attached hydrogens (tertiary/aromatic N) is 1. The number of aromatic amines is 1. The Morgan fingerprint density at radius 1 is 0.676 bits per heavy atom. The maximum absolute atomic E-state index is 14.0. The van der Waals surface area contributed by atoms with Crippen LogP contribution in [-0.4, -0.2) is 152 Å². The van der Waals surface area contributed by atoms with Crippen LogP contribution in [0.3, 0.4) is 0 Å². The first-order chi connectivity index (χ1) is 32.2. The summed E-state index contributed by atoms with van der Waals surface area (Å²) in [5.41, 5.74) is 8.32. The molecule has 68 heavy (non-hydrogen) atoms. The number of nitrogens with two attached hydrogens (primary N) is 1. The van der Waals surface area contributed by atoms with Gasteiger partial charge in [-0.2, -0.15) is 0 Å². The highest BCUT2D eigenvalue weighted by molar-refractivity contribution is 5.98. The number of aliphatic carboxylic acids is 2. The summed E-state index contributed by atoms with van der Waals surface area (Å²) in [4.78, 5) is 123. The number of rotatable bonds is 25. The third-order valence-corrected chi connectivity index (χ3v) is 11.4. The van der Waals surface area contributed by atoms with Gasteiger partial charge in [0.05, 0.1) is 25.7 Å². The van der Waals surface area contributed by atoms with Crippen LogP contribution in [0.5, 0.6) is 0 Å². The number of fused-ring (bicyclic) bond motifs is 1. The molecular formula is C46H63N9O13. The number of aliphatic hydroxyl groups excluding tert-OH is 2. The van der Waals surface area contributed by atoms with Gasteiger partial charge >= 0.3 is 11.9 Å². The number of likely N-dealkylation sites (tertiary alicyclic amines) is 1. The summed E-state index contributed by atoms with van der Waals surface area (Å²) in [7, 11) is 0. The Hall–Kier alpha value is -6.91. The Balaban J connectivity index is 1.45. The van der Waals surface area contributed by atoms with Gasteiger partial charge in [0.15, 0.2) is 0 Å². The number of carboxylic acid groups (broad SMARTS) is 2. The van der Waals surface area contributed by atoms with E-state index in [1.807, 2.05) is 24.3 Å². The van der Waals surface area contributed by atoms with Crippen LogP contribution in [0.2, 0.25) is 0 Å². The summed E-state index contributed by atoms with van der Waals surface area (Å²) < 4.78 is 0. The van der Waals surface area contributed by atoms with Crippen molar-refractivity contribution in [3.63, 3.8) is 0 Å². The molecule has 370 valence electrons. The number of H-pyrrole nitrogens is 1. The number of aliphatic hydroxyl groups is 2. The minimum absolute atomic E-state index is 0.0145. The number of hydrogen-bond acceptors (Lipinski definition) is 12. The number of amides is 7. The standard InChI is InChI=1S/C46H63N9O13/c1-24(2)17-31(40(61)50-32(18-26-11-6-5-7-12-26)41(62)51-33(20-37(58)59)45(66)55-16-10-15-36(55)46(67)68)49-42(63)34(22-56)53-44(65)38(25(3)4)54-43(64)35(23-57)52-39(60)29(47)19-27-21-48-30-14-9-8-13-28(27)30/h5-9,11-14,21,24-25,29,31-36,38,48,56-57H,10,15-20,22-23,47H2,1-4H3,(H,49,63)(H,50,61)(H,51,62)(H,52,60)(H,53,65)(H,54,64)(H,58,59)(H,67,68)/t29-,31-,32-,33-,34-,35-,36-,38-/m0/s1. The van der Waals surface area contributed by atoms with Gasteiger partial charge in [-0.1, -0.05) is 76.2 Å². The van der Waals surface area contributed by atoms with Crippen molar-refractivity contribution < 1.29 is 63.6 Å². The number of carbonyl (C=O) groups excluding carboxylic acids is 7. The summed E-state index contributed by atoms with van der Waals surface area (Å²) in [5, 5.41) is 55.2. The minimum atomic E-state index is -1.69. The van der Waals surface area contributed by atoms with Crippen molar-refractivity contribution in [1.29, 1.82) is 0 Å². The third-order valence-electron chi connectivity index (χ3n) is 11.4. The molecule has 2 aromatic carbocycles. The fourth-order valence-electron chi connectivity index (χ4n) is 7.79. The fourth-order valence-corrected chi connectivity index (χ4v) is 7.79. The molecule has 13 N–H and O–H groups in total. The second kappa shape index (κ2) is 25.3. The van der Waals surface area contributed by atoms with Crippen molar-refractivity contribution in [1.82, 2.24) is 41.8 Å². The van der Waals surface area contributed by atoms with E-state index in [-0.39, 0.29) is 38.1 Å². The first-order valence-electron chi connectivity index (χ1n) is 22.4. The number of carboxylic acids is 2. The number of para-hydroxylation sites is 1. The van der Waals surface area contributed by atoms with Gasteiger partial charge in [0.25, 0.3) is 0 Å². The highest BCUT2D eigenvalue weighted by Crippen LogP contribution is 2.21. The van der Waals surface area contributed by atoms with Gasteiger partial charge in [-0.25, -0.2) is 4.79 Å². The zero-order valence-electron chi connectivity index (χ0n) is 38.4. The van der Waals surface area contributed by atoms with Gasteiger partial charge in [-0.15, -0.1) is 0 Å². The van der Waals surface area contributed by atoms with E-state index < -0.39 is 127 Å². The lowest BCUT2D eigenvalue weighted by Gasteiger charge is -2.29. The smallest absolute Gasteiger partial charge is 0.326 e. The van der Waals surface area contributed by atoms with E-state index in [2.05, 4.69) is 36.9 Å². The average Bonchev–Trinajstić information content (AvgIpc) is 3.96. The van der Waals surface area contributed by atoms with E-state index in [1.165, 1.54) is 0 Å². The molecule has 2 heterocycles. The Morgan fingerprint density at radius 2 is 1.22 bits per heavy atom. The molecule has 1 fully saturated rings. The maximum Gasteiger partial charge on any atom is 0.326 e. The molecule has 7 amide bonds. The van der Waals surface area contributed by atoms with E-state index in [4.69, 9.17) is 5.73 Å². The van der Waals surface area contributed by atoms with Crippen LogP contribution in [0.1, 0.15) is 64.5 Å². The van der Waals surface area contributed by atoms with Crippen molar-refractivity contribution in [2.75, 3.05) is 19.8 Å². The maximum atomic E-state index is 14.0. The molecule has 8 atom stereocenters. The van der Waals surface area contributed by atoms with E-state index >= 15 is 0 Å². The summed E-state index contributed by atoms with van der Waals surface area (Å²) in [6.07, 6.45) is 1.24. The Kier molecular flexibility index (Phi) is 20.0. The molecule has 3 aromatic rings. The SMILES string of the molecule is CC(C)C[C@H](NC(=O)[C@H](CO)NC(=O)[C@@H](NC(=O)[C@H](CO)NC(=O)[C@@H](N)Cc1c[nH]c2ccccc12)C(C)C)C(=O)N[C@@H](Cc1ccccc1)C(=O)N[C@@H](CC(=O)O)C(=O)N1CCC[C@H]1C(=O)O. The van der Waals surface area contributed by atoms with Crippen molar-refractivity contribution in [2.24, 2.45) is 17.6 Å². The van der Waals surface area contributed by atoms with E-state index in [0.717, 1.165) is 21.4 Å². The number of hydrogen-bond donors (Lipinski definition) is 12. The number of nitrogens with one attached hydrogen (secondary N) is 7. The Morgan fingerprint density at radius 3 is 1.82 bits per heavy atom. The van der Waals surface area contributed by atoms with Crippen LogP contribution in [0.15, 0.2) is 60.8 Å². The number of carbonyl (C=O) groups is 9. The fraction of sp³-hybridized carbons (Fsp3) is 0.500. The molecule has 1 aliphatic rings. The van der Waals surface area contributed by atoms with Gasteiger partial charge in [0.1, 0.15) is 42.3 Å². The topological polar surface area (TPSA) is 352 Å². The van der Waals surface area contributed by atoms with Gasteiger partial charge < -0.3 is 67.9 Å². The molecule has 1 aliphatic heterocycles. The van der Waals surface area contributed by atoms with Gasteiger partial charge in [-0.05, 0) is 54.7 Å². The third kappa shape index (κ3) is 15.1. The molecule has 22 heteroatoms. The molecule has 0 spiro atoms. The van der Waals surface area contributed by atoms with E-state index in [1.54, 1.807) is 64.2 Å². The van der Waals surface area contributed by atoms with Crippen LogP contribution in [0, 0.1) is 11.8 Å². The molecule has 0 unspecified atom stereocenters. The zero-order chi connectivity index (χ0) is 50.2. The molecule has 0 bridgehead atoms. The Bertz CT molecular complexity index is 2270. The van der Waals surface area contributed by atoms with Crippen LogP contribution in [0.4, 0.5) is 0 Å². The van der Waals surface area contributed by atoms with Gasteiger partial charge in [-0.3, -0.25) is 38.4 Å². The van der Waals surface area contributed by atoms with Crippen molar-refractivity contribution >= 4 is 64.2 Å². The summed E-state index contributed by atoms with van der Waals surface area (Å²) in [6.45, 7) is 4.84. The van der Waals surface area contributed by atoms with E-state index in [9.17, 15) is 63.6 Å². The van der Waals surface area contributed by atoms with Gasteiger partial charge in [0, 0.05) is 30.1 Å². The summed E-state index contributed by atoms with van der Waals surface area (Å²) in [5.74, 6) is -10.0. The molecule has 22 nitrogen and oxygen atoms in total. The second-order valence-corrected chi connectivity index (χ2v) is 17.5. The zero-order valence-corrected chi connectivity index (χ0v) is 38.4. The predicted octanol–water partition coefficient (Wildman–Crippen LogP) is -1.57. The summed E-state index contributed by atoms with van der Waals surface area (Å²) >= 11 is 0. The quantitative estimate of drug-likeness (QED) is 0.0457. The summed E-state index contributed by atoms with van der Waals surface area (Å²) in [6, 6.07) is 4.36. The predicted molar refractivity (Wildman–Crippen MR) is 245 cm³/mol. The van der Waals surface area contributed by atoms with Crippen LogP contribution in [-0.2, 0) is 56.0 Å². The molecule has 1 aromatic heterocycles. The number of aromatic nitrogens is 1. The van der Waals surface area contributed by atoms with E-state index in [0.29, 0.717) is 12.0 Å². The van der Waals surface area contributed by atoms with Gasteiger partial charge in [0.2, 0.25) is 41.4 Å². The number of benzene rings is 2. The molecule has 0 radical (unpaired) electrons. The second-order valence-electron chi connectivity index (χ2n) is 17.5. The van der Waals surface area contributed by atoms with Crippen LogP contribution >= 0.6 is 0 Å². The Labute approximate surface area is 392 Å². The highest BCUT2D eigenvalue weighted by atomic mass is 16.4. The molecule has 0 aliphatic carbocycles. The highest BCUT2D eigenvalue weighted by Gasteiger charge is 2.40. The molecule has 1 saturated heterocycles.